The Kier molecular flexibility index (Phi) is 8.39. The summed E-state index contributed by atoms with van der Waals surface area (Å²) in [5, 5.41) is 9.72. The number of nitriles is 1. The van der Waals surface area contributed by atoms with Gasteiger partial charge in [-0.3, -0.25) is 0 Å². The summed E-state index contributed by atoms with van der Waals surface area (Å²) in [5.41, 5.74) is 14.2. The second-order valence-corrected chi connectivity index (χ2v) is 14.3. The standard InChI is InChI=1S/C53H34N4/c54-35-36-14-11-19-41(32-36)42-20-12-22-44(33-42)53(48-26-9-7-24-46(48)47-25-8-10-27-49(47)53)45-23-13-21-43(34-45)52-56-50(39-17-5-2-6-18-39)55-51(57-52)40-30-28-38(29-31-40)37-15-3-1-4-16-37/h1-34H. The lowest BCUT2D eigenvalue weighted by atomic mass is 9.67. The van der Waals surface area contributed by atoms with Crippen molar-refractivity contribution < 1.29 is 0 Å². The molecule has 4 nitrogen and oxygen atoms in total. The summed E-state index contributed by atoms with van der Waals surface area (Å²) in [6.07, 6.45) is 0. The molecule has 0 radical (unpaired) electrons. The van der Waals surface area contributed by atoms with Gasteiger partial charge in [0.15, 0.2) is 17.5 Å². The minimum atomic E-state index is -0.655. The number of hydrogen-bond donors (Lipinski definition) is 0. The molecule has 0 N–H and O–H groups in total. The number of benzene rings is 8. The normalized spacial score (nSPS) is 12.3. The molecule has 1 aliphatic rings. The lowest BCUT2D eigenvalue weighted by Gasteiger charge is -2.34. The van der Waals surface area contributed by atoms with E-state index in [0.29, 0.717) is 23.0 Å². The van der Waals surface area contributed by atoms with Crippen LogP contribution in [0.4, 0.5) is 0 Å². The third-order valence-corrected chi connectivity index (χ3v) is 11.0. The van der Waals surface area contributed by atoms with Crippen LogP contribution in [0.3, 0.4) is 0 Å². The molecule has 1 heterocycles. The van der Waals surface area contributed by atoms with E-state index in [9.17, 15) is 5.26 Å². The number of hydrogen-bond acceptors (Lipinski definition) is 4. The SMILES string of the molecule is N#Cc1cccc(-c2cccc(C3(c4cccc(-c5nc(-c6ccccc6)nc(-c6ccc(-c7ccccc7)cc6)n5)c4)c4ccccc4-c4ccccc43)c2)c1. The minimum Gasteiger partial charge on any atom is -0.208 e. The Bertz CT molecular complexity index is 2920. The van der Waals surface area contributed by atoms with E-state index in [1.54, 1.807) is 0 Å². The smallest absolute Gasteiger partial charge is 0.164 e. The Morgan fingerprint density at radius 2 is 0.737 bits per heavy atom. The van der Waals surface area contributed by atoms with Gasteiger partial charge in [-0.15, -0.1) is 0 Å². The van der Waals surface area contributed by atoms with Crippen molar-refractivity contribution in [1.82, 2.24) is 15.0 Å². The largest absolute Gasteiger partial charge is 0.208 e. The molecule has 57 heavy (non-hydrogen) atoms. The van der Waals surface area contributed by atoms with E-state index in [1.165, 1.54) is 22.3 Å². The van der Waals surface area contributed by atoms with Crippen LogP contribution in [0.5, 0.6) is 0 Å². The molecule has 0 saturated heterocycles. The molecular weight excluding hydrogens is 693 g/mol. The third-order valence-electron chi connectivity index (χ3n) is 11.0. The zero-order chi connectivity index (χ0) is 38.2. The van der Waals surface area contributed by atoms with Crippen molar-refractivity contribution in [3.63, 3.8) is 0 Å². The fourth-order valence-corrected chi connectivity index (χ4v) is 8.41. The van der Waals surface area contributed by atoms with Gasteiger partial charge in [-0.05, 0) is 79.9 Å². The van der Waals surface area contributed by atoms with E-state index in [0.717, 1.165) is 50.1 Å². The summed E-state index contributed by atoms with van der Waals surface area (Å²) < 4.78 is 0. The first-order valence-corrected chi connectivity index (χ1v) is 19.1. The molecule has 0 saturated carbocycles. The van der Waals surface area contributed by atoms with Gasteiger partial charge in [0, 0.05) is 16.7 Å². The highest BCUT2D eigenvalue weighted by Crippen LogP contribution is 2.56. The Balaban J connectivity index is 1.17. The summed E-state index contributed by atoms with van der Waals surface area (Å²) >= 11 is 0. The molecule has 0 spiro atoms. The lowest BCUT2D eigenvalue weighted by Crippen LogP contribution is -2.28. The Morgan fingerprint density at radius 1 is 0.333 bits per heavy atom. The second kappa shape index (κ2) is 14.2. The molecule has 10 rings (SSSR count). The molecular formula is C53H34N4. The molecule has 266 valence electrons. The maximum Gasteiger partial charge on any atom is 0.164 e. The quantitative estimate of drug-likeness (QED) is 0.164. The van der Waals surface area contributed by atoms with Gasteiger partial charge in [0.2, 0.25) is 0 Å². The van der Waals surface area contributed by atoms with Gasteiger partial charge in [0.25, 0.3) is 0 Å². The number of fused-ring (bicyclic) bond motifs is 3. The van der Waals surface area contributed by atoms with Crippen molar-refractivity contribution in [3.05, 3.63) is 234 Å². The van der Waals surface area contributed by atoms with E-state index < -0.39 is 5.41 Å². The first-order chi connectivity index (χ1) is 28.2. The van der Waals surface area contributed by atoms with Crippen molar-refractivity contribution in [2.24, 2.45) is 0 Å². The molecule has 4 heteroatoms. The first kappa shape index (κ1) is 33.8. The monoisotopic (exact) mass is 726 g/mol. The van der Waals surface area contributed by atoms with Crippen LogP contribution in [0.25, 0.3) is 67.5 Å². The van der Waals surface area contributed by atoms with Crippen LogP contribution < -0.4 is 0 Å². The minimum absolute atomic E-state index is 0.602. The number of aromatic nitrogens is 3. The van der Waals surface area contributed by atoms with Crippen LogP contribution in [0.15, 0.2) is 206 Å². The van der Waals surface area contributed by atoms with Crippen molar-refractivity contribution in [1.29, 1.82) is 5.26 Å². The Morgan fingerprint density at radius 3 is 1.33 bits per heavy atom. The van der Waals surface area contributed by atoms with Crippen molar-refractivity contribution in [2.75, 3.05) is 0 Å². The predicted octanol–water partition coefficient (Wildman–Crippen LogP) is 12.4. The predicted molar refractivity (Wildman–Crippen MR) is 229 cm³/mol. The summed E-state index contributed by atoms with van der Waals surface area (Å²) in [6.45, 7) is 0. The van der Waals surface area contributed by atoms with Gasteiger partial charge in [0.1, 0.15) is 0 Å². The molecule has 1 aliphatic carbocycles. The van der Waals surface area contributed by atoms with E-state index in [1.807, 2.05) is 54.6 Å². The average molecular weight is 727 g/mol. The summed E-state index contributed by atoms with van der Waals surface area (Å²) in [4.78, 5) is 15.3. The zero-order valence-corrected chi connectivity index (χ0v) is 30.9. The average Bonchev–Trinajstić information content (AvgIpc) is 3.61. The topological polar surface area (TPSA) is 62.5 Å². The molecule has 0 bridgehead atoms. The van der Waals surface area contributed by atoms with E-state index >= 15 is 0 Å². The fraction of sp³-hybridized carbons (Fsp3) is 0.0189. The van der Waals surface area contributed by atoms with Crippen molar-refractivity contribution >= 4 is 0 Å². The molecule has 8 aromatic carbocycles. The summed E-state index contributed by atoms with van der Waals surface area (Å²) in [6, 6.07) is 74.0. The Hall–Kier alpha value is -7.74. The Labute approximate surface area is 332 Å². The van der Waals surface area contributed by atoms with Crippen LogP contribution in [-0.4, -0.2) is 15.0 Å². The molecule has 0 atom stereocenters. The van der Waals surface area contributed by atoms with Gasteiger partial charge in [-0.1, -0.05) is 182 Å². The summed E-state index contributed by atoms with van der Waals surface area (Å²) in [5.74, 6) is 1.83. The molecule has 0 fully saturated rings. The third kappa shape index (κ3) is 5.90. The number of nitrogens with zero attached hydrogens (tertiary/aromatic N) is 4. The van der Waals surface area contributed by atoms with Gasteiger partial charge in [-0.2, -0.15) is 5.26 Å². The van der Waals surface area contributed by atoms with Crippen LogP contribution in [0.2, 0.25) is 0 Å². The van der Waals surface area contributed by atoms with Crippen LogP contribution in [0, 0.1) is 11.3 Å². The van der Waals surface area contributed by atoms with Crippen molar-refractivity contribution in [2.45, 2.75) is 5.41 Å². The lowest BCUT2D eigenvalue weighted by molar-refractivity contribution is 0.769. The molecule has 9 aromatic rings. The highest BCUT2D eigenvalue weighted by Gasteiger charge is 2.46. The molecule has 0 aliphatic heterocycles. The van der Waals surface area contributed by atoms with E-state index in [-0.39, 0.29) is 0 Å². The van der Waals surface area contributed by atoms with Crippen LogP contribution in [0.1, 0.15) is 27.8 Å². The molecule has 1 aromatic heterocycles. The van der Waals surface area contributed by atoms with Crippen LogP contribution >= 0.6 is 0 Å². The van der Waals surface area contributed by atoms with Gasteiger partial charge >= 0.3 is 0 Å². The highest BCUT2D eigenvalue weighted by atomic mass is 15.0. The van der Waals surface area contributed by atoms with Gasteiger partial charge in [-0.25, -0.2) is 15.0 Å². The maximum absolute atomic E-state index is 9.72. The highest BCUT2D eigenvalue weighted by molar-refractivity contribution is 5.87. The van der Waals surface area contributed by atoms with E-state index in [2.05, 4.69) is 158 Å². The maximum atomic E-state index is 9.72. The van der Waals surface area contributed by atoms with Gasteiger partial charge < -0.3 is 0 Å². The molecule has 0 amide bonds. The van der Waals surface area contributed by atoms with Crippen molar-refractivity contribution in [3.8, 4) is 73.6 Å². The second-order valence-electron chi connectivity index (χ2n) is 14.3. The van der Waals surface area contributed by atoms with E-state index in [4.69, 9.17) is 15.0 Å². The molecule has 0 unspecified atom stereocenters. The summed E-state index contributed by atoms with van der Waals surface area (Å²) in [7, 11) is 0. The van der Waals surface area contributed by atoms with Gasteiger partial charge in [0.05, 0.1) is 17.0 Å². The number of rotatable bonds is 7. The zero-order valence-electron chi connectivity index (χ0n) is 30.9. The van der Waals surface area contributed by atoms with Crippen LogP contribution in [-0.2, 0) is 5.41 Å². The fourth-order valence-electron chi connectivity index (χ4n) is 8.41. The first-order valence-electron chi connectivity index (χ1n) is 19.1.